The van der Waals surface area contributed by atoms with Crippen molar-refractivity contribution in [2.24, 2.45) is 0 Å². The van der Waals surface area contributed by atoms with E-state index in [1.807, 2.05) is 6.92 Å². The molecule has 1 amide bonds. The van der Waals surface area contributed by atoms with Gasteiger partial charge in [-0.25, -0.2) is 0 Å². The summed E-state index contributed by atoms with van der Waals surface area (Å²) in [5, 5.41) is 119. The number of aliphatic hydroxyl groups excluding tert-OH is 11. The minimum atomic E-state index is -1.97. The quantitative estimate of drug-likeness (QED) is 0.0200. The third kappa shape index (κ3) is 32.7. The van der Waals surface area contributed by atoms with Crippen molar-refractivity contribution in [2.75, 3.05) is 26.4 Å². The highest BCUT2D eigenvalue weighted by molar-refractivity contribution is 5.76. The second-order valence-electron chi connectivity index (χ2n) is 24.6. The Morgan fingerprint density at radius 2 is 0.782 bits per heavy atom. The molecule has 3 heterocycles. The van der Waals surface area contributed by atoms with Crippen LogP contribution in [0.5, 0.6) is 0 Å². The van der Waals surface area contributed by atoms with E-state index >= 15 is 0 Å². The molecular formula is C68H123NO18. The van der Waals surface area contributed by atoms with Crippen molar-refractivity contribution in [3.63, 3.8) is 0 Å². The van der Waals surface area contributed by atoms with E-state index in [1.54, 1.807) is 12.2 Å². The van der Waals surface area contributed by atoms with E-state index in [2.05, 4.69) is 48.7 Å². The Hall–Kier alpha value is -2.25. The van der Waals surface area contributed by atoms with Crippen LogP contribution in [0.2, 0.25) is 0 Å². The molecule has 0 aromatic rings. The highest BCUT2D eigenvalue weighted by atomic mass is 16.8. The number of carbonyl (C=O) groups is 1. The van der Waals surface area contributed by atoms with Gasteiger partial charge in [-0.15, -0.1) is 0 Å². The lowest BCUT2D eigenvalue weighted by atomic mass is 9.96. The van der Waals surface area contributed by atoms with Crippen LogP contribution in [-0.2, 0) is 33.2 Å². The predicted octanol–water partition coefficient (Wildman–Crippen LogP) is 8.61. The molecule has 0 aliphatic carbocycles. The molecule has 17 atom stereocenters. The van der Waals surface area contributed by atoms with Crippen LogP contribution in [0, 0.1) is 0 Å². The Morgan fingerprint density at radius 1 is 0.414 bits per heavy atom. The first kappa shape index (κ1) is 79.0. The van der Waals surface area contributed by atoms with Crippen LogP contribution in [0.15, 0.2) is 48.6 Å². The van der Waals surface area contributed by atoms with Crippen LogP contribution in [0.4, 0.5) is 0 Å². The van der Waals surface area contributed by atoms with Gasteiger partial charge in [0.05, 0.1) is 38.6 Å². The molecule has 508 valence electrons. The number of unbranched alkanes of at least 4 members (excludes halogenated alkanes) is 30. The minimum Gasteiger partial charge on any atom is -0.394 e. The number of carbonyl (C=O) groups excluding carboxylic acids is 1. The highest BCUT2D eigenvalue weighted by Gasteiger charge is 2.53. The lowest BCUT2D eigenvalue weighted by molar-refractivity contribution is -0.379. The van der Waals surface area contributed by atoms with E-state index < -0.39 is 124 Å². The van der Waals surface area contributed by atoms with Gasteiger partial charge in [0.1, 0.15) is 73.2 Å². The first-order chi connectivity index (χ1) is 42.3. The van der Waals surface area contributed by atoms with E-state index in [1.165, 1.54) is 173 Å². The van der Waals surface area contributed by atoms with Gasteiger partial charge in [0, 0.05) is 6.42 Å². The zero-order valence-corrected chi connectivity index (χ0v) is 53.5. The Morgan fingerprint density at radius 3 is 1.21 bits per heavy atom. The Labute approximate surface area is 523 Å². The van der Waals surface area contributed by atoms with Crippen molar-refractivity contribution < 1.29 is 89.4 Å². The molecule has 3 aliphatic rings. The zero-order valence-electron chi connectivity index (χ0n) is 53.5. The van der Waals surface area contributed by atoms with Crippen molar-refractivity contribution in [1.29, 1.82) is 0 Å². The molecule has 12 N–H and O–H groups in total. The number of amides is 1. The maximum absolute atomic E-state index is 13.2. The fraction of sp³-hybridized carbons (Fsp3) is 0.868. The van der Waals surface area contributed by atoms with Gasteiger partial charge in [0.15, 0.2) is 18.9 Å². The van der Waals surface area contributed by atoms with Gasteiger partial charge < -0.3 is 89.9 Å². The molecule has 0 aromatic heterocycles. The fourth-order valence-corrected chi connectivity index (χ4v) is 11.5. The van der Waals surface area contributed by atoms with Crippen LogP contribution < -0.4 is 5.32 Å². The lowest BCUT2D eigenvalue weighted by Gasteiger charge is -2.48. The SMILES string of the molecule is CCC/C=C/C(O)C(COC1OC(CO)C(OC2OC(CO)C(OC3OC(CO)C(O)C(O)C3O)C(O)C2O)C(O)C1O)NC(=O)CCCCCCCCCCCCCCCCCCCCCCCCCC/C=C\C/C=C\C/C=C\CCCCCCC. The van der Waals surface area contributed by atoms with Crippen LogP contribution in [0.25, 0.3) is 0 Å². The number of aliphatic hydroxyl groups is 11. The van der Waals surface area contributed by atoms with Crippen molar-refractivity contribution in [3.05, 3.63) is 48.6 Å². The smallest absolute Gasteiger partial charge is 0.220 e. The Bertz CT molecular complexity index is 1770. The van der Waals surface area contributed by atoms with Gasteiger partial charge in [0.25, 0.3) is 0 Å². The van der Waals surface area contributed by atoms with Gasteiger partial charge in [0.2, 0.25) is 5.91 Å². The summed E-state index contributed by atoms with van der Waals surface area (Å²) in [4.78, 5) is 13.2. The topological polar surface area (TPSA) is 307 Å². The number of allylic oxidation sites excluding steroid dienone is 7. The molecule has 17 unspecified atom stereocenters. The van der Waals surface area contributed by atoms with Crippen LogP contribution >= 0.6 is 0 Å². The lowest BCUT2D eigenvalue weighted by Crippen LogP contribution is -2.66. The first-order valence-corrected chi connectivity index (χ1v) is 34.4. The van der Waals surface area contributed by atoms with Gasteiger partial charge in [-0.1, -0.05) is 236 Å². The van der Waals surface area contributed by atoms with Crippen LogP contribution in [-0.4, -0.2) is 193 Å². The molecule has 0 radical (unpaired) electrons. The molecule has 0 aromatic carbocycles. The molecule has 19 heteroatoms. The molecule has 3 saturated heterocycles. The predicted molar refractivity (Wildman–Crippen MR) is 337 cm³/mol. The normalized spacial score (nSPS) is 28.9. The third-order valence-electron chi connectivity index (χ3n) is 17.1. The molecule has 0 saturated carbocycles. The number of rotatable bonds is 52. The molecule has 3 fully saturated rings. The highest BCUT2D eigenvalue weighted by Crippen LogP contribution is 2.33. The summed E-state index contributed by atoms with van der Waals surface area (Å²) in [5.74, 6) is -0.285. The average molecular weight is 1240 g/mol. The average Bonchev–Trinajstić information content (AvgIpc) is 1.50. The zero-order chi connectivity index (χ0) is 63.3. The molecule has 87 heavy (non-hydrogen) atoms. The van der Waals surface area contributed by atoms with E-state index in [0.29, 0.717) is 12.8 Å². The molecule has 0 spiro atoms. The number of nitrogens with one attached hydrogen (secondary N) is 1. The van der Waals surface area contributed by atoms with Gasteiger partial charge in [-0.05, 0) is 51.4 Å². The van der Waals surface area contributed by atoms with Crippen molar-refractivity contribution in [3.8, 4) is 0 Å². The van der Waals surface area contributed by atoms with Crippen LogP contribution in [0.3, 0.4) is 0 Å². The van der Waals surface area contributed by atoms with Gasteiger partial charge >= 0.3 is 0 Å². The summed E-state index contributed by atoms with van der Waals surface area (Å²) in [6.07, 6.45) is 34.2. The molecule has 3 rings (SSSR count). The number of hydrogen-bond acceptors (Lipinski definition) is 18. The summed E-state index contributed by atoms with van der Waals surface area (Å²) < 4.78 is 34.0. The Kier molecular flexibility index (Phi) is 45.7. The van der Waals surface area contributed by atoms with Crippen molar-refractivity contribution in [1.82, 2.24) is 5.32 Å². The summed E-state index contributed by atoms with van der Waals surface area (Å²) >= 11 is 0. The van der Waals surface area contributed by atoms with Gasteiger partial charge in [-0.3, -0.25) is 4.79 Å². The second kappa shape index (κ2) is 50.3. The summed E-state index contributed by atoms with van der Waals surface area (Å²) in [6.45, 7) is 1.48. The molecule has 3 aliphatic heterocycles. The summed E-state index contributed by atoms with van der Waals surface area (Å²) in [5.41, 5.74) is 0. The van der Waals surface area contributed by atoms with Crippen LogP contribution in [0.1, 0.15) is 245 Å². The van der Waals surface area contributed by atoms with Crippen molar-refractivity contribution in [2.45, 2.75) is 349 Å². The van der Waals surface area contributed by atoms with E-state index in [9.17, 15) is 61.0 Å². The van der Waals surface area contributed by atoms with Crippen molar-refractivity contribution >= 4 is 5.91 Å². The second-order valence-corrected chi connectivity index (χ2v) is 24.6. The standard InChI is InChI=1S/C68H123NO18/c1-3-5-7-8-9-10-11-12-13-14-15-16-17-18-19-20-21-22-23-24-25-26-27-28-29-30-31-32-33-34-35-36-37-38-39-40-41-42-44-46-56(74)69-51(52(73)45-43-6-4-2)50-82-66-62(80)59(77)64(54(48-71)84-66)87-68-63(81)60(78)65(55(49-72)85-68)86-67-61(79)58(76)57(75)53(47-70)83-67/h11-12,14-15,17-18,43,45,51-55,57-68,70-73,75-81H,3-10,13,16,19-42,44,46-50H2,1-2H3,(H,69,74)/b12-11-,15-14-,18-17-,45-43+. The van der Waals surface area contributed by atoms with E-state index in [4.69, 9.17) is 28.4 Å². The largest absolute Gasteiger partial charge is 0.394 e. The Balaban J connectivity index is 1.19. The summed E-state index contributed by atoms with van der Waals surface area (Å²) in [6, 6.07) is -0.967. The number of hydrogen-bond donors (Lipinski definition) is 12. The molecule has 19 nitrogen and oxygen atoms in total. The van der Waals surface area contributed by atoms with E-state index in [-0.39, 0.29) is 18.9 Å². The maximum atomic E-state index is 13.2. The molecule has 0 bridgehead atoms. The fourth-order valence-electron chi connectivity index (χ4n) is 11.5. The number of ether oxygens (including phenoxy) is 6. The first-order valence-electron chi connectivity index (χ1n) is 34.4. The summed E-state index contributed by atoms with van der Waals surface area (Å²) in [7, 11) is 0. The third-order valence-corrected chi connectivity index (χ3v) is 17.1. The monoisotopic (exact) mass is 1240 g/mol. The minimum absolute atomic E-state index is 0.243. The van der Waals surface area contributed by atoms with E-state index in [0.717, 1.165) is 38.5 Å². The molecular weight excluding hydrogens is 1120 g/mol. The van der Waals surface area contributed by atoms with Gasteiger partial charge in [-0.2, -0.15) is 0 Å². The maximum Gasteiger partial charge on any atom is 0.220 e.